The Morgan fingerprint density at radius 1 is 1.23 bits per heavy atom. The van der Waals surface area contributed by atoms with Gasteiger partial charge in [-0.2, -0.15) is 0 Å². The summed E-state index contributed by atoms with van der Waals surface area (Å²) >= 11 is 0. The molecule has 0 spiro atoms. The summed E-state index contributed by atoms with van der Waals surface area (Å²) in [7, 11) is 0. The first kappa shape index (κ1) is 26.2. The van der Waals surface area contributed by atoms with Crippen LogP contribution >= 0.6 is 0 Å². The number of hydrogen-bond acceptors (Lipinski definition) is 6. The van der Waals surface area contributed by atoms with Crippen LogP contribution < -0.4 is 0 Å². The predicted molar refractivity (Wildman–Crippen MR) is 128 cm³/mol. The third kappa shape index (κ3) is 3.44. The molecule has 3 saturated carbocycles. The summed E-state index contributed by atoms with van der Waals surface area (Å²) in [6.07, 6.45) is 5.40. The monoisotopic (exact) mass is 490 g/mol. The van der Waals surface area contributed by atoms with Gasteiger partial charge in [-0.3, -0.25) is 14.4 Å². The minimum atomic E-state index is -2.00. The number of aliphatic hydroxyl groups excluding tert-OH is 1. The van der Waals surface area contributed by atoms with E-state index in [2.05, 4.69) is 0 Å². The van der Waals surface area contributed by atoms with Crippen molar-refractivity contribution in [2.45, 2.75) is 90.5 Å². The molecule has 4 aliphatic rings. The fraction of sp³-hybridized carbons (Fsp3) is 0.750. The van der Waals surface area contributed by atoms with Gasteiger partial charge < -0.3 is 14.6 Å². The highest BCUT2D eigenvalue weighted by molar-refractivity contribution is 6.01. The molecule has 4 aliphatic carbocycles. The van der Waals surface area contributed by atoms with Crippen LogP contribution in [0.15, 0.2) is 23.8 Å². The van der Waals surface area contributed by atoms with Gasteiger partial charge in [0.2, 0.25) is 5.78 Å². The molecule has 0 aromatic rings. The molecule has 0 aliphatic heterocycles. The number of hydrogen-bond donors (Lipinski definition) is 1. The van der Waals surface area contributed by atoms with E-state index in [0.29, 0.717) is 37.9 Å². The molecule has 0 saturated heterocycles. The van der Waals surface area contributed by atoms with Gasteiger partial charge in [0.25, 0.3) is 0 Å². The smallest absolute Gasteiger partial charge is 0.306 e. The third-order valence-corrected chi connectivity index (χ3v) is 9.76. The lowest BCUT2D eigenvalue weighted by atomic mass is 9.44. The maximum Gasteiger partial charge on any atom is 0.306 e. The van der Waals surface area contributed by atoms with Crippen LogP contribution in [0.1, 0.15) is 73.1 Å². The molecule has 0 heterocycles. The fourth-order valence-electron chi connectivity index (χ4n) is 8.14. The van der Waals surface area contributed by atoms with Crippen molar-refractivity contribution in [1.29, 1.82) is 0 Å². The topological polar surface area (TPSA) is 89.9 Å². The van der Waals surface area contributed by atoms with Gasteiger partial charge in [0.1, 0.15) is 6.61 Å². The van der Waals surface area contributed by atoms with Crippen molar-refractivity contribution in [2.75, 3.05) is 13.2 Å². The van der Waals surface area contributed by atoms with E-state index in [1.54, 1.807) is 19.9 Å². The molecule has 0 radical (unpaired) electrons. The second-order valence-electron chi connectivity index (χ2n) is 11.4. The molecule has 194 valence electrons. The van der Waals surface area contributed by atoms with Crippen molar-refractivity contribution in [1.82, 2.24) is 0 Å². The number of halogens is 1. The molecule has 6 nitrogen and oxygen atoms in total. The Kier molecular flexibility index (Phi) is 6.67. The number of fused-ring (bicyclic) bond motifs is 5. The average Bonchev–Trinajstić information content (AvgIpc) is 3.01. The van der Waals surface area contributed by atoms with Gasteiger partial charge in [0.15, 0.2) is 17.1 Å². The quantitative estimate of drug-likeness (QED) is 0.536. The highest BCUT2D eigenvalue weighted by Crippen LogP contribution is 2.71. The Balaban J connectivity index is 1.81. The number of carbonyl (C=O) groups is 3. The number of Topliss-reactive ketones (excluding diaryl/α,β-unsaturated/α-hetero) is 1. The lowest BCUT2D eigenvalue weighted by Gasteiger charge is -2.62. The summed E-state index contributed by atoms with van der Waals surface area (Å²) < 4.78 is 29.0. The zero-order chi connectivity index (χ0) is 25.8. The number of esters is 1. The SMILES string of the molecule is CCCC(=O)O[C@]1(C(=O)COCC)[C@H](C)C[C@H]2[C@@H]3CCC4=CC(=O)C=C[C@]4(C)[C@@]3(F)[C@@H](O)C[C@@]21C. The van der Waals surface area contributed by atoms with Crippen molar-refractivity contribution < 1.29 is 33.4 Å². The fourth-order valence-corrected chi connectivity index (χ4v) is 8.14. The van der Waals surface area contributed by atoms with Gasteiger partial charge in [-0.1, -0.05) is 32.4 Å². The minimum absolute atomic E-state index is 0.0169. The van der Waals surface area contributed by atoms with E-state index >= 15 is 4.39 Å². The van der Waals surface area contributed by atoms with Crippen LogP contribution in [0.25, 0.3) is 0 Å². The summed E-state index contributed by atoms with van der Waals surface area (Å²) in [6.45, 7) is 9.37. The minimum Gasteiger partial charge on any atom is -0.450 e. The van der Waals surface area contributed by atoms with E-state index < -0.39 is 40.1 Å². The van der Waals surface area contributed by atoms with E-state index in [-0.39, 0.29) is 42.9 Å². The second kappa shape index (κ2) is 8.91. The van der Waals surface area contributed by atoms with Crippen molar-refractivity contribution in [3.63, 3.8) is 0 Å². The zero-order valence-electron chi connectivity index (χ0n) is 21.6. The Morgan fingerprint density at radius 3 is 2.60 bits per heavy atom. The molecule has 1 N–H and O–H groups in total. The molecule has 8 atom stereocenters. The summed E-state index contributed by atoms with van der Waals surface area (Å²) in [4.78, 5) is 38.7. The lowest BCUT2D eigenvalue weighted by Crippen LogP contribution is -2.70. The first-order valence-electron chi connectivity index (χ1n) is 13.1. The van der Waals surface area contributed by atoms with E-state index in [9.17, 15) is 19.5 Å². The van der Waals surface area contributed by atoms with Gasteiger partial charge in [-0.15, -0.1) is 0 Å². The van der Waals surface area contributed by atoms with Crippen LogP contribution in [0.4, 0.5) is 4.39 Å². The lowest BCUT2D eigenvalue weighted by molar-refractivity contribution is -0.228. The Labute approximate surface area is 207 Å². The van der Waals surface area contributed by atoms with Gasteiger partial charge in [-0.25, -0.2) is 4.39 Å². The highest BCUT2D eigenvalue weighted by atomic mass is 19.1. The van der Waals surface area contributed by atoms with E-state index in [1.165, 1.54) is 12.2 Å². The van der Waals surface area contributed by atoms with E-state index in [4.69, 9.17) is 9.47 Å². The maximum absolute atomic E-state index is 17.4. The molecular formula is C28H39FO6. The molecule has 0 aromatic heterocycles. The van der Waals surface area contributed by atoms with Gasteiger partial charge in [0, 0.05) is 35.7 Å². The number of carbonyl (C=O) groups excluding carboxylic acids is 3. The van der Waals surface area contributed by atoms with Crippen LogP contribution in [0.5, 0.6) is 0 Å². The molecule has 3 fully saturated rings. The molecule has 0 unspecified atom stereocenters. The largest absolute Gasteiger partial charge is 0.450 e. The summed E-state index contributed by atoms with van der Waals surface area (Å²) in [5, 5.41) is 11.6. The molecule has 0 amide bonds. The standard InChI is InChI=1S/C28H39FO6/c1-6-8-24(33)35-28(23(32)16-34-7-2)17(3)13-21-20-10-9-18-14-19(30)11-12-25(18,4)27(20,29)22(31)15-26(21,28)5/h11-12,14,17,20-22,31H,6-10,13,15-16H2,1-5H3/t17-,20+,21+,22+,25+,26+,27+,28+/m1/s1. The Morgan fingerprint density at radius 2 is 1.94 bits per heavy atom. The number of ether oxygens (including phenoxy) is 2. The van der Waals surface area contributed by atoms with Crippen LogP contribution in [0, 0.1) is 28.6 Å². The van der Waals surface area contributed by atoms with Crippen LogP contribution in [-0.2, 0) is 23.9 Å². The normalized spacial score (nSPS) is 44.2. The number of rotatable bonds is 7. The molecule has 7 heteroatoms. The van der Waals surface area contributed by atoms with Crippen LogP contribution in [0.3, 0.4) is 0 Å². The predicted octanol–water partition coefficient (Wildman–Crippen LogP) is 4.29. The Hall–Kier alpha value is -1.86. The zero-order valence-corrected chi connectivity index (χ0v) is 21.6. The molecule has 4 rings (SSSR count). The molecule has 0 aromatic carbocycles. The van der Waals surface area contributed by atoms with Crippen molar-refractivity contribution in [2.24, 2.45) is 28.6 Å². The molecule has 0 bridgehead atoms. The summed E-state index contributed by atoms with van der Waals surface area (Å²) in [5.74, 6) is -2.11. The number of aliphatic hydroxyl groups is 1. The van der Waals surface area contributed by atoms with Gasteiger partial charge in [0.05, 0.1) is 6.10 Å². The average molecular weight is 491 g/mol. The highest BCUT2D eigenvalue weighted by Gasteiger charge is 2.77. The first-order chi connectivity index (χ1) is 16.4. The van der Waals surface area contributed by atoms with Crippen molar-refractivity contribution in [3.05, 3.63) is 23.8 Å². The van der Waals surface area contributed by atoms with Crippen LogP contribution in [0.2, 0.25) is 0 Å². The maximum atomic E-state index is 17.4. The van der Waals surface area contributed by atoms with Crippen molar-refractivity contribution in [3.8, 4) is 0 Å². The molecular weight excluding hydrogens is 451 g/mol. The number of alkyl halides is 1. The second-order valence-corrected chi connectivity index (χ2v) is 11.4. The van der Waals surface area contributed by atoms with E-state index in [0.717, 1.165) is 0 Å². The van der Waals surface area contributed by atoms with Gasteiger partial charge in [-0.05, 0) is 64.0 Å². The number of allylic oxidation sites excluding steroid dienone is 4. The summed E-state index contributed by atoms with van der Waals surface area (Å²) in [5.41, 5.74) is -4.82. The van der Waals surface area contributed by atoms with Crippen LogP contribution in [-0.4, -0.2) is 53.2 Å². The van der Waals surface area contributed by atoms with Crippen molar-refractivity contribution >= 4 is 17.5 Å². The Bertz CT molecular complexity index is 972. The van der Waals surface area contributed by atoms with E-state index in [1.807, 2.05) is 20.8 Å². The molecule has 35 heavy (non-hydrogen) atoms. The third-order valence-electron chi connectivity index (χ3n) is 9.76. The number of ketones is 2. The van der Waals surface area contributed by atoms with Gasteiger partial charge >= 0.3 is 5.97 Å². The summed E-state index contributed by atoms with van der Waals surface area (Å²) in [6, 6.07) is 0. The first-order valence-corrected chi connectivity index (χ1v) is 13.1.